The normalized spacial score (nSPS) is 12.7. The van der Waals surface area contributed by atoms with E-state index < -0.39 is 0 Å². The van der Waals surface area contributed by atoms with Crippen molar-refractivity contribution >= 4 is 10.9 Å². The number of aryl methyl sites for hydroxylation is 1. The van der Waals surface area contributed by atoms with E-state index in [-0.39, 0.29) is 6.04 Å². The summed E-state index contributed by atoms with van der Waals surface area (Å²) in [5.41, 5.74) is 5.81. The van der Waals surface area contributed by atoms with Crippen LogP contribution in [0.1, 0.15) is 24.2 Å². The van der Waals surface area contributed by atoms with Gasteiger partial charge in [0.2, 0.25) is 0 Å². The van der Waals surface area contributed by atoms with Gasteiger partial charge in [0.1, 0.15) is 0 Å². The zero-order chi connectivity index (χ0) is 13.9. The third-order valence-corrected chi connectivity index (χ3v) is 3.37. The smallest absolute Gasteiger partial charge is 0.0894 e. The topological polar surface area (TPSA) is 81.7 Å². The first-order valence-electron chi connectivity index (χ1n) is 6.52. The Hall–Kier alpha value is -2.31. The molecular formula is C14H16N6. The summed E-state index contributed by atoms with van der Waals surface area (Å²) in [7, 11) is 0. The Balaban J connectivity index is 2.07. The fourth-order valence-electron chi connectivity index (χ4n) is 2.36. The van der Waals surface area contributed by atoms with Crippen molar-refractivity contribution < 1.29 is 0 Å². The van der Waals surface area contributed by atoms with Crippen LogP contribution in [0.3, 0.4) is 0 Å². The molecule has 0 fully saturated rings. The molecule has 0 bridgehead atoms. The van der Waals surface area contributed by atoms with Gasteiger partial charge in [0.25, 0.3) is 0 Å². The molecule has 0 amide bonds. The summed E-state index contributed by atoms with van der Waals surface area (Å²) in [5, 5.41) is 9.09. The minimum absolute atomic E-state index is 0.144. The number of nitrogens with two attached hydrogens (primary N) is 1. The third kappa shape index (κ3) is 2.15. The molecule has 1 unspecified atom stereocenters. The van der Waals surface area contributed by atoms with Crippen LogP contribution >= 0.6 is 0 Å². The van der Waals surface area contributed by atoms with Gasteiger partial charge >= 0.3 is 0 Å². The highest BCUT2D eigenvalue weighted by molar-refractivity contribution is 5.79. The number of pyridine rings is 1. The summed E-state index contributed by atoms with van der Waals surface area (Å²) in [6, 6.07) is 9.92. The first kappa shape index (κ1) is 12.7. The molecule has 3 aromatic rings. The summed E-state index contributed by atoms with van der Waals surface area (Å²) in [4.78, 5) is 4.32. The van der Waals surface area contributed by atoms with Crippen LogP contribution in [-0.4, -0.2) is 20.0 Å². The van der Waals surface area contributed by atoms with E-state index in [1.807, 2.05) is 35.9 Å². The number of rotatable bonds is 4. The molecule has 3 N–H and O–H groups in total. The van der Waals surface area contributed by atoms with Gasteiger partial charge in [-0.25, -0.2) is 10.1 Å². The number of hydrazine groups is 1. The van der Waals surface area contributed by atoms with Gasteiger partial charge in [-0.3, -0.25) is 10.8 Å². The first-order valence-corrected chi connectivity index (χ1v) is 6.52. The van der Waals surface area contributed by atoms with E-state index >= 15 is 0 Å². The van der Waals surface area contributed by atoms with Gasteiger partial charge in [0, 0.05) is 18.1 Å². The molecule has 1 aromatic carbocycles. The molecule has 1 atom stereocenters. The van der Waals surface area contributed by atoms with E-state index in [0.717, 1.165) is 28.7 Å². The zero-order valence-corrected chi connectivity index (χ0v) is 11.2. The summed E-state index contributed by atoms with van der Waals surface area (Å²) < 4.78 is 1.83. The van der Waals surface area contributed by atoms with Crippen molar-refractivity contribution in [1.82, 2.24) is 25.4 Å². The van der Waals surface area contributed by atoms with Crippen molar-refractivity contribution in [2.75, 3.05) is 0 Å². The van der Waals surface area contributed by atoms with Crippen LogP contribution < -0.4 is 11.3 Å². The molecule has 6 nitrogen and oxygen atoms in total. The molecule has 3 rings (SSSR count). The van der Waals surface area contributed by atoms with Gasteiger partial charge in [-0.05, 0) is 30.7 Å². The molecule has 0 saturated carbocycles. The zero-order valence-electron chi connectivity index (χ0n) is 11.2. The van der Waals surface area contributed by atoms with Gasteiger partial charge in [0.05, 0.1) is 23.4 Å². The molecule has 0 aliphatic heterocycles. The molecule has 2 heterocycles. The summed E-state index contributed by atoms with van der Waals surface area (Å²) in [6.07, 6.45) is 3.53. The van der Waals surface area contributed by atoms with E-state index in [0.29, 0.717) is 0 Å². The second kappa shape index (κ2) is 5.36. The van der Waals surface area contributed by atoms with Crippen LogP contribution in [0.15, 0.2) is 42.7 Å². The van der Waals surface area contributed by atoms with Crippen molar-refractivity contribution in [2.24, 2.45) is 5.84 Å². The maximum atomic E-state index is 5.73. The first-order chi connectivity index (χ1) is 9.83. The van der Waals surface area contributed by atoms with Gasteiger partial charge in [-0.2, -0.15) is 0 Å². The van der Waals surface area contributed by atoms with Crippen molar-refractivity contribution in [3.63, 3.8) is 0 Å². The molecular weight excluding hydrogens is 252 g/mol. The fraction of sp³-hybridized carbons (Fsp3) is 0.214. The van der Waals surface area contributed by atoms with Crippen LogP contribution in [-0.2, 0) is 6.54 Å². The minimum atomic E-state index is -0.144. The maximum Gasteiger partial charge on any atom is 0.0894 e. The number of benzene rings is 1. The van der Waals surface area contributed by atoms with Gasteiger partial charge in [-0.1, -0.05) is 17.3 Å². The molecule has 102 valence electrons. The van der Waals surface area contributed by atoms with Crippen LogP contribution in [0, 0.1) is 0 Å². The molecule has 20 heavy (non-hydrogen) atoms. The van der Waals surface area contributed by atoms with Gasteiger partial charge < -0.3 is 0 Å². The number of hydrogen-bond acceptors (Lipinski definition) is 5. The molecule has 6 heteroatoms. The fourth-order valence-corrected chi connectivity index (χ4v) is 2.36. The average Bonchev–Trinajstić information content (AvgIpc) is 2.96. The Morgan fingerprint density at radius 2 is 2.25 bits per heavy atom. The Labute approximate surface area is 116 Å². The summed E-state index contributed by atoms with van der Waals surface area (Å²) >= 11 is 0. The number of aromatic nitrogens is 4. The predicted molar refractivity (Wildman–Crippen MR) is 76.6 cm³/mol. The number of fused-ring (bicyclic) bond motifs is 1. The molecule has 0 spiro atoms. The number of hydrogen-bond donors (Lipinski definition) is 2. The van der Waals surface area contributed by atoms with E-state index in [1.165, 1.54) is 0 Å². The van der Waals surface area contributed by atoms with Crippen molar-refractivity contribution in [3.05, 3.63) is 54.0 Å². The second-order valence-corrected chi connectivity index (χ2v) is 4.53. The molecule has 2 aromatic heterocycles. The molecule has 0 aliphatic carbocycles. The lowest BCUT2D eigenvalue weighted by molar-refractivity contribution is 0.536. The highest BCUT2D eigenvalue weighted by Gasteiger charge is 2.17. The molecule has 0 aliphatic rings. The van der Waals surface area contributed by atoms with Crippen LogP contribution in [0.25, 0.3) is 10.9 Å². The average molecular weight is 268 g/mol. The Kier molecular flexibility index (Phi) is 3.41. The Bertz CT molecular complexity index is 720. The highest BCUT2D eigenvalue weighted by Crippen LogP contribution is 2.23. The van der Waals surface area contributed by atoms with Gasteiger partial charge in [0.15, 0.2) is 0 Å². The van der Waals surface area contributed by atoms with Crippen LogP contribution in [0.2, 0.25) is 0 Å². The summed E-state index contributed by atoms with van der Waals surface area (Å²) in [6.45, 7) is 2.78. The highest BCUT2D eigenvalue weighted by atomic mass is 15.4. The lowest BCUT2D eigenvalue weighted by atomic mass is 10.0. The Morgan fingerprint density at radius 1 is 1.35 bits per heavy atom. The van der Waals surface area contributed by atoms with E-state index in [9.17, 15) is 0 Å². The molecule has 0 saturated heterocycles. The van der Waals surface area contributed by atoms with Gasteiger partial charge in [-0.15, -0.1) is 5.10 Å². The summed E-state index contributed by atoms with van der Waals surface area (Å²) in [5.74, 6) is 5.73. The van der Waals surface area contributed by atoms with E-state index in [2.05, 4.69) is 26.8 Å². The lowest BCUT2D eigenvalue weighted by Crippen LogP contribution is -2.30. The third-order valence-electron chi connectivity index (χ3n) is 3.37. The monoisotopic (exact) mass is 268 g/mol. The lowest BCUT2D eigenvalue weighted by Gasteiger charge is -2.17. The van der Waals surface area contributed by atoms with E-state index in [4.69, 9.17) is 5.84 Å². The quantitative estimate of drug-likeness (QED) is 0.552. The van der Waals surface area contributed by atoms with Crippen molar-refractivity contribution in [2.45, 2.75) is 19.5 Å². The van der Waals surface area contributed by atoms with Crippen LogP contribution in [0.5, 0.6) is 0 Å². The molecule has 0 radical (unpaired) electrons. The standard InChI is InChI=1S/C14H16N6/c1-2-20-13(9-17-19-20)14(18-15)11-5-6-12-10(8-11)4-3-7-16-12/h3-9,14,18H,2,15H2,1H3. The largest absolute Gasteiger partial charge is 0.271 e. The number of nitrogens with one attached hydrogen (secondary N) is 1. The van der Waals surface area contributed by atoms with E-state index in [1.54, 1.807) is 12.4 Å². The maximum absolute atomic E-state index is 5.73. The number of nitrogens with zero attached hydrogens (tertiary/aromatic N) is 4. The minimum Gasteiger partial charge on any atom is -0.271 e. The second-order valence-electron chi connectivity index (χ2n) is 4.53. The van der Waals surface area contributed by atoms with Crippen molar-refractivity contribution in [1.29, 1.82) is 0 Å². The van der Waals surface area contributed by atoms with Crippen LogP contribution in [0.4, 0.5) is 0 Å². The van der Waals surface area contributed by atoms with Crippen molar-refractivity contribution in [3.8, 4) is 0 Å². The SMILES string of the molecule is CCn1nncc1C(NN)c1ccc2ncccc2c1. The Morgan fingerprint density at radius 3 is 3.05 bits per heavy atom. The predicted octanol–water partition coefficient (Wildman–Crippen LogP) is 1.40.